The molecule has 33 heavy (non-hydrogen) atoms. The van der Waals surface area contributed by atoms with Gasteiger partial charge >= 0.3 is 6.03 Å². The van der Waals surface area contributed by atoms with Crippen molar-refractivity contribution in [3.05, 3.63) is 54.3 Å². The number of hydrogen-bond acceptors (Lipinski definition) is 5. The molecule has 3 aromatic rings. The number of nitrogens with zero attached hydrogens (tertiary/aromatic N) is 3. The summed E-state index contributed by atoms with van der Waals surface area (Å²) in [4.78, 5) is 18.7. The Morgan fingerprint density at radius 2 is 1.88 bits per heavy atom. The van der Waals surface area contributed by atoms with Crippen molar-refractivity contribution in [3.8, 4) is 5.75 Å². The predicted molar refractivity (Wildman–Crippen MR) is 131 cm³/mol. The number of hydrogen-bond donors (Lipinski definition) is 1. The zero-order valence-corrected chi connectivity index (χ0v) is 19.0. The van der Waals surface area contributed by atoms with Gasteiger partial charge in [0.2, 0.25) is 0 Å². The molecule has 0 radical (unpaired) electrons. The second-order valence-electron chi connectivity index (χ2n) is 8.86. The zero-order chi connectivity index (χ0) is 22.6. The molecule has 0 atom stereocenters. The van der Waals surface area contributed by atoms with Crippen LogP contribution in [0.15, 0.2) is 53.1 Å². The zero-order valence-electron chi connectivity index (χ0n) is 19.0. The summed E-state index contributed by atoms with van der Waals surface area (Å²) in [5, 5.41) is 0.916. The van der Waals surface area contributed by atoms with Crippen LogP contribution < -0.4 is 20.3 Å². The van der Waals surface area contributed by atoms with E-state index in [2.05, 4.69) is 28.0 Å². The summed E-state index contributed by atoms with van der Waals surface area (Å²) in [6, 6.07) is 13.8. The highest BCUT2D eigenvalue weighted by molar-refractivity contribution is 6.01. The van der Waals surface area contributed by atoms with Gasteiger partial charge in [0, 0.05) is 38.1 Å². The number of para-hydroxylation sites is 2. The summed E-state index contributed by atoms with van der Waals surface area (Å²) in [5.74, 6) is 1.09. The number of carbonyl (C=O) groups excluding carboxylic acids is 1. The lowest BCUT2D eigenvalue weighted by Crippen LogP contribution is -2.47. The summed E-state index contributed by atoms with van der Waals surface area (Å²) in [6.45, 7) is 6.52. The van der Waals surface area contributed by atoms with Crippen molar-refractivity contribution >= 4 is 28.4 Å². The van der Waals surface area contributed by atoms with E-state index in [1.807, 2.05) is 24.3 Å². The molecule has 7 heteroatoms. The van der Waals surface area contributed by atoms with Crippen LogP contribution in [-0.2, 0) is 6.42 Å². The van der Waals surface area contributed by atoms with E-state index in [4.69, 9.17) is 14.9 Å². The highest BCUT2D eigenvalue weighted by Crippen LogP contribution is 2.36. The van der Waals surface area contributed by atoms with Gasteiger partial charge in [-0.3, -0.25) is 9.80 Å². The predicted octanol–water partition coefficient (Wildman–Crippen LogP) is 4.25. The van der Waals surface area contributed by atoms with Crippen LogP contribution in [0.5, 0.6) is 5.75 Å². The van der Waals surface area contributed by atoms with Crippen LogP contribution in [-0.4, -0.2) is 56.8 Å². The second kappa shape index (κ2) is 9.75. The Bertz CT molecular complexity index is 1100. The summed E-state index contributed by atoms with van der Waals surface area (Å²) < 4.78 is 11.6. The highest BCUT2D eigenvalue weighted by Gasteiger charge is 2.23. The molecule has 1 aromatic heterocycles. The van der Waals surface area contributed by atoms with Gasteiger partial charge in [0.1, 0.15) is 17.6 Å². The average molecular weight is 449 g/mol. The van der Waals surface area contributed by atoms with Crippen molar-refractivity contribution in [3.63, 3.8) is 0 Å². The molecule has 2 aliphatic heterocycles. The molecule has 0 unspecified atom stereocenters. The molecule has 0 bridgehead atoms. The van der Waals surface area contributed by atoms with Crippen molar-refractivity contribution in [1.82, 2.24) is 4.90 Å². The Balaban J connectivity index is 1.11. The van der Waals surface area contributed by atoms with E-state index >= 15 is 0 Å². The quantitative estimate of drug-likeness (QED) is 0.547. The van der Waals surface area contributed by atoms with E-state index in [1.54, 1.807) is 11.2 Å². The number of nitrogens with two attached hydrogens (primary N) is 1. The monoisotopic (exact) mass is 448 g/mol. The van der Waals surface area contributed by atoms with Crippen LogP contribution in [0.4, 0.5) is 16.2 Å². The number of furan rings is 1. The van der Waals surface area contributed by atoms with Crippen molar-refractivity contribution in [2.24, 2.45) is 5.73 Å². The molecule has 5 rings (SSSR count). The minimum absolute atomic E-state index is 0.441. The molecular formula is C26H32N4O3. The van der Waals surface area contributed by atoms with Gasteiger partial charge in [-0.15, -0.1) is 0 Å². The Morgan fingerprint density at radius 3 is 2.73 bits per heavy atom. The Kier molecular flexibility index (Phi) is 6.39. The standard InChI is InChI=1S/C26H32N4O3/c27-26(31)30(23-19-33-24-11-2-1-9-21(23)24)13-4-3-12-28-14-16-29(17-15-28)22-10-5-7-20-8-6-18-32-25(20)22/h1-2,5,7,9-11,19H,3-4,6,8,12-18H2,(H2,27,31). The summed E-state index contributed by atoms with van der Waals surface area (Å²) in [5.41, 5.74) is 9.78. The SMILES string of the molecule is NC(=O)N(CCCCN1CCN(c2cccc3c2OCCC3)CC1)c1coc2ccccc12. The number of benzene rings is 2. The molecule has 3 heterocycles. The molecule has 1 saturated heterocycles. The van der Waals surface area contributed by atoms with Gasteiger partial charge in [0.15, 0.2) is 0 Å². The topological polar surface area (TPSA) is 75.2 Å². The largest absolute Gasteiger partial charge is 0.491 e. The van der Waals surface area contributed by atoms with Gasteiger partial charge in [-0.1, -0.05) is 24.3 Å². The average Bonchev–Trinajstić information content (AvgIpc) is 3.28. The van der Waals surface area contributed by atoms with E-state index < -0.39 is 6.03 Å². The van der Waals surface area contributed by atoms with Crippen molar-refractivity contribution < 1.29 is 13.9 Å². The number of urea groups is 1. The highest BCUT2D eigenvalue weighted by atomic mass is 16.5. The number of anilines is 2. The molecule has 2 N–H and O–H groups in total. The third kappa shape index (κ3) is 4.64. The van der Waals surface area contributed by atoms with Crippen LogP contribution in [0.1, 0.15) is 24.8 Å². The molecule has 0 spiro atoms. The van der Waals surface area contributed by atoms with Crippen LogP contribution >= 0.6 is 0 Å². The summed E-state index contributed by atoms with van der Waals surface area (Å²) >= 11 is 0. The lowest BCUT2D eigenvalue weighted by molar-refractivity contribution is 0.247. The van der Waals surface area contributed by atoms with Crippen LogP contribution in [0.25, 0.3) is 11.0 Å². The smallest absolute Gasteiger partial charge is 0.319 e. The molecular weight excluding hydrogens is 416 g/mol. The van der Waals surface area contributed by atoms with E-state index in [-0.39, 0.29) is 0 Å². The number of piperazine rings is 1. The van der Waals surface area contributed by atoms with Crippen molar-refractivity contribution in [2.75, 3.05) is 55.7 Å². The number of rotatable bonds is 7. The lowest BCUT2D eigenvalue weighted by Gasteiger charge is -2.37. The third-order valence-corrected chi connectivity index (χ3v) is 6.75. The number of primary amides is 1. The first-order chi connectivity index (χ1) is 16.2. The fourth-order valence-electron chi connectivity index (χ4n) is 4.96. The van der Waals surface area contributed by atoms with E-state index in [0.717, 1.165) is 87.4 Å². The lowest BCUT2D eigenvalue weighted by atomic mass is 10.0. The third-order valence-electron chi connectivity index (χ3n) is 6.75. The minimum Gasteiger partial charge on any atom is -0.491 e. The fraction of sp³-hybridized carbons (Fsp3) is 0.423. The van der Waals surface area contributed by atoms with Crippen LogP contribution in [0.3, 0.4) is 0 Å². The van der Waals surface area contributed by atoms with Crippen molar-refractivity contribution in [2.45, 2.75) is 25.7 Å². The number of fused-ring (bicyclic) bond motifs is 2. The van der Waals surface area contributed by atoms with Crippen LogP contribution in [0.2, 0.25) is 0 Å². The first-order valence-electron chi connectivity index (χ1n) is 12.0. The Morgan fingerprint density at radius 1 is 1.03 bits per heavy atom. The molecule has 0 aliphatic carbocycles. The van der Waals surface area contributed by atoms with Gasteiger partial charge in [0.05, 0.1) is 18.0 Å². The van der Waals surface area contributed by atoms with Gasteiger partial charge in [0.25, 0.3) is 0 Å². The molecule has 2 amide bonds. The van der Waals surface area contributed by atoms with Crippen molar-refractivity contribution in [1.29, 1.82) is 0 Å². The van der Waals surface area contributed by atoms with E-state index in [1.165, 1.54) is 11.3 Å². The Labute approximate surface area is 194 Å². The number of amides is 2. The van der Waals surface area contributed by atoms with Gasteiger partial charge < -0.3 is 19.8 Å². The molecule has 2 aromatic carbocycles. The van der Waals surface area contributed by atoms with Crippen LogP contribution in [0, 0.1) is 0 Å². The first kappa shape index (κ1) is 21.6. The normalized spacial score (nSPS) is 16.4. The van der Waals surface area contributed by atoms with E-state index in [0.29, 0.717) is 6.54 Å². The molecule has 174 valence electrons. The van der Waals surface area contributed by atoms with Gasteiger partial charge in [-0.25, -0.2) is 4.79 Å². The first-order valence-corrected chi connectivity index (χ1v) is 12.0. The molecule has 2 aliphatic rings. The fourth-order valence-corrected chi connectivity index (χ4v) is 4.96. The summed E-state index contributed by atoms with van der Waals surface area (Å²) in [7, 11) is 0. The van der Waals surface area contributed by atoms with Gasteiger partial charge in [-0.05, 0) is 56.0 Å². The maximum Gasteiger partial charge on any atom is 0.319 e. The summed E-state index contributed by atoms with van der Waals surface area (Å²) in [6.07, 6.45) is 5.75. The maximum atomic E-state index is 12.1. The molecule has 0 saturated carbocycles. The van der Waals surface area contributed by atoms with E-state index in [9.17, 15) is 4.79 Å². The number of ether oxygens (including phenoxy) is 1. The molecule has 1 fully saturated rings. The molecule has 7 nitrogen and oxygen atoms in total. The maximum absolute atomic E-state index is 12.1. The number of unbranched alkanes of at least 4 members (excludes halogenated alkanes) is 1. The Hall–Kier alpha value is -3.19. The minimum atomic E-state index is -0.441. The van der Waals surface area contributed by atoms with Gasteiger partial charge in [-0.2, -0.15) is 0 Å². The number of carbonyl (C=O) groups is 1. The number of aryl methyl sites for hydroxylation is 1. The second-order valence-corrected chi connectivity index (χ2v) is 8.86.